The van der Waals surface area contributed by atoms with E-state index in [0.717, 1.165) is 13.0 Å². The van der Waals surface area contributed by atoms with Crippen molar-refractivity contribution in [3.05, 3.63) is 6.42 Å². The predicted octanol–water partition coefficient (Wildman–Crippen LogP) is 0.615. The summed E-state index contributed by atoms with van der Waals surface area (Å²) >= 11 is 0. The lowest BCUT2D eigenvalue weighted by Gasteiger charge is -2.12. The van der Waals surface area contributed by atoms with Gasteiger partial charge in [0.05, 0.1) is 13.2 Å². The number of epoxide rings is 1. The summed E-state index contributed by atoms with van der Waals surface area (Å²) in [5.74, 6) is 0. The van der Waals surface area contributed by atoms with Gasteiger partial charge in [0.2, 0.25) is 0 Å². The molecule has 1 atom stereocenters. The largest absolute Gasteiger partial charge is 0.379 e. The molecule has 0 amide bonds. The van der Waals surface area contributed by atoms with Crippen molar-refractivity contribution in [2.75, 3.05) is 34.0 Å². The summed E-state index contributed by atoms with van der Waals surface area (Å²) in [7, 11) is 3.23. The molecule has 77 valence electrons. The molecular formula is C9H17O4. The molecule has 0 spiro atoms. The maximum absolute atomic E-state index is 5.33. The van der Waals surface area contributed by atoms with Crippen molar-refractivity contribution in [1.29, 1.82) is 0 Å². The van der Waals surface area contributed by atoms with Crippen molar-refractivity contribution in [1.82, 2.24) is 0 Å². The van der Waals surface area contributed by atoms with E-state index in [-0.39, 0.29) is 6.29 Å². The molecule has 13 heavy (non-hydrogen) atoms. The average molecular weight is 189 g/mol. The monoisotopic (exact) mass is 189 g/mol. The Hall–Kier alpha value is -0.160. The summed E-state index contributed by atoms with van der Waals surface area (Å²) < 4.78 is 20.3. The lowest BCUT2D eigenvalue weighted by molar-refractivity contribution is -0.0812. The maximum Gasteiger partial charge on any atom is 0.160 e. The van der Waals surface area contributed by atoms with Crippen LogP contribution in [0.2, 0.25) is 0 Å². The van der Waals surface area contributed by atoms with E-state index >= 15 is 0 Å². The molecule has 1 saturated heterocycles. The van der Waals surface area contributed by atoms with Crippen LogP contribution in [-0.2, 0) is 18.9 Å². The number of methoxy groups -OCH3 is 2. The SMILES string of the molecule is COC([CH]CCOCC1CO1)OC. The molecular weight excluding hydrogens is 172 g/mol. The molecule has 0 aliphatic carbocycles. The first-order chi connectivity index (χ1) is 6.36. The van der Waals surface area contributed by atoms with E-state index in [9.17, 15) is 0 Å². The second-order valence-electron chi connectivity index (χ2n) is 2.89. The highest BCUT2D eigenvalue weighted by atomic mass is 16.7. The van der Waals surface area contributed by atoms with Crippen LogP contribution in [0.25, 0.3) is 0 Å². The minimum atomic E-state index is -0.222. The van der Waals surface area contributed by atoms with Crippen molar-refractivity contribution < 1.29 is 18.9 Å². The van der Waals surface area contributed by atoms with Crippen LogP contribution in [0.3, 0.4) is 0 Å². The van der Waals surface area contributed by atoms with E-state index in [1.807, 2.05) is 6.42 Å². The highest BCUT2D eigenvalue weighted by Crippen LogP contribution is 2.09. The van der Waals surface area contributed by atoms with E-state index in [4.69, 9.17) is 18.9 Å². The normalized spacial score (nSPS) is 21.0. The summed E-state index contributed by atoms with van der Waals surface area (Å²) in [4.78, 5) is 0. The maximum atomic E-state index is 5.33. The summed E-state index contributed by atoms with van der Waals surface area (Å²) in [5, 5.41) is 0. The molecule has 0 bridgehead atoms. The molecule has 1 fully saturated rings. The number of ether oxygens (including phenoxy) is 4. The first kappa shape index (κ1) is 10.9. The highest BCUT2D eigenvalue weighted by molar-refractivity contribution is 4.70. The van der Waals surface area contributed by atoms with Crippen LogP contribution in [0, 0.1) is 6.42 Å². The summed E-state index contributed by atoms with van der Waals surface area (Å²) in [6, 6.07) is 0. The lowest BCUT2D eigenvalue weighted by atomic mass is 10.3. The van der Waals surface area contributed by atoms with Gasteiger partial charge >= 0.3 is 0 Å². The van der Waals surface area contributed by atoms with Gasteiger partial charge in [-0.15, -0.1) is 0 Å². The molecule has 1 aliphatic rings. The zero-order valence-corrected chi connectivity index (χ0v) is 8.19. The molecule has 1 unspecified atom stereocenters. The topological polar surface area (TPSA) is 40.2 Å². The molecule has 4 heteroatoms. The third-order valence-corrected chi connectivity index (χ3v) is 1.79. The Kier molecular flexibility index (Phi) is 5.31. The fourth-order valence-electron chi connectivity index (χ4n) is 0.955. The molecule has 0 aromatic rings. The molecule has 0 N–H and O–H groups in total. The van der Waals surface area contributed by atoms with Gasteiger partial charge < -0.3 is 18.9 Å². The van der Waals surface area contributed by atoms with Gasteiger partial charge in [-0.3, -0.25) is 0 Å². The second-order valence-corrected chi connectivity index (χ2v) is 2.89. The van der Waals surface area contributed by atoms with Crippen LogP contribution < -0.4 is 0 Å². The van der Waals surface area contributed by atoms with Crippen LogP contribution in [-0.4, -0.2) is 46.4 Å². The Morgan fingerprint density at radius 1 is 1.46 bits per heavy atom. The Morgan fingerprint density at radius 3 is 2.69 bits per heavy atom. The van der Waals surface area contributed by atoms with E-state index in [2.05, 4.69) is 0 Å². The molecule has 1 radical (unpaired) electrons. The number of hydrogen-bond donors (Lipinski definition) is 0. The molecule has 4 nitrogen and oxygen atoms in total. The Balaban J connectivity index is 1.81. The Labute approximate surface area is 79.1 Å². The summed E-state index contributed by atoms with van der Waals surface area (Å²) in [5.41, 5.74) is 0. The zero-order chi connectivity index (χ0) is 9.52. The quantitative estimate of drug-likeness (QED) is 0.319. The second kappa shape index (κ2) is 6.32. The fraction of sp³-hybridized carbons (Fsp3) is 0.889. The van der Waals surface area contributed by atoms with Gasteiger partial charge in [0.1, 0.15) is 6.10 Å². The van der Waals surface area contributed by atoms with Crippen molar-refractivity contribution in [3.8, 4) is 0 Å². The molecule has 1 rings (SSSR count). The van der Waals surface area contributed by atoms with Gasteiger partial charge in [-0.25, -0.2) is 0 Å². The smallest absolute Gasteiger partial charge is 0.160 e. The van der Waals surface area contributed by atoms with E-state index < -0.39 is 0 Å². The van der Waals surface area contributed by atoms with E-state index in [1.165, 1.54) is 0 Å². The van der Waals surface area contributed by atoms with E-state index in [0.29, 0.717) is 19.3 Å². The standard InChI is InChI=1S/C9H17O4/c1-10-9(11-2)4-3-5-12-6-8-7-13-8/h4,8-9H,3,5-7H2,1-2H3. The Bertz CT molecular complexity index is 121. The molecule has 0 aromatic carbocycles. The first-order valence-corrected chi connectivity index (χ1v) is 4.45. The van der Waals surface area contributed by atoms with Crippen molar-refractivity contribution in [3.63, 3.8) is 0 Å². The zero-order valence-electron chi connectivity index (χ0n) is 8.19. The van der Waals surface area contributed by atoms with Crippen LogP contribution in [0.15, 0.2) is 0 Å². The third kappa shape index (κ3) is 5.21. The van der Waals surface area contributed by atoms with Crippen LogP contribution in [0.5, 0.6) is 0 Å². The molecule has 0 aromatic heterocycles. The summed E-state index contributed by atoms with van der Waals surface area (Å²) in [6.45, 7) is 2.25. The molecule has 1 aliphatic heterocycles. The predicted molar refractivity (Wildman–Crippen MR) is 47.3 cm³/mol. The third-order valence-electron chi connectivity index (χ3n) is 1.79. The van der Waals surface area contributed by atoms with Gasteiger partial charge in [-0.2, -0.15) is 0 Å². The Morgan fingerprint density at radius 2 is 2.15 bits per heavy atom. The van der Waals surface area contributed by atoms with Gasteiger partial charge in [-0.05, 0) is 6.42 Å². The van der Waals surface area contributed by atoms with Crippen molar-refractivity contribution in [2.45, 2.75) is 18.8 Å². The van der Waals surface area contributed by atoms with Crippen molar-refractivity contribution in [2.24, 2.45) is 0 Å². The highest BCUT2D eigenvalue weighted by Gasteiger charge is 2.22. The molecule has 0 saturated carbocycles. The molecule has 1 heterocycles. The van der Waals surface area contributed by atoms with E-state index in [1.54, 1.807) is 14.2 Å². The average Bonchev–Trinajstić information content (AvgIpc) is 2.95. The summed E-state index contributed by atoms with van der Waals surface area (Å²) in [6.07, 6.45) is 2.90. The van der Waals surface area contributed by atoms with Gasteiger partial charge in [-0.1, -0.05) is 0 Å². The van der Waals surface area contributed by atoms with Gasteiger partial charge in [0, 0.05) is 27.2 Å². The van der Waals surface area contributed by atoms with Crippen LogP contribution in [0.1, 0.15) is 6.42 Å². The van der Waals surface area contributed by atoms with Crippen LogP contribution in [0.4, 0.5) is 0 Å². The van der Waals surface area contributed by atoms with Crippen molar-refractivity contribution >= 4 is 0 Å². The lowest BCUT2D eigenvalue weighted by Crippen LogP contribution is -2.15. The minimum absolute atomic E-state index is 0.222. The number of rotatable bonds is 8. The number of hydrogen-bond acceptors (Lipinski definition) is 4. The first-order valence-electron chi connectivity index (χ1n) is 4.45. The van der Waals surface area contributed by atoms with Gasteiger partial charge in [0.15, 0.2) is 6.29 Å². The van der Waals surface area contributed by atoms with Crippen LogP contribution >= 0.6 is 0 Å². The van der Waals surface area contributed by atoms with Gasteiger partial charge in [0.25, 0.3) is 0 Å². The minimum Gasteiger partial charge on any atom is -0.379 e. The fourth-order valence-corrected chi connectivity index (χ4v) is 0.955.